The molecular weight excluding hydrogens is 501 g/mol. The van der Waals surface area contributed by atoms with Crippen molar-refractivity contribution in [2.45, 2.75) is 38.8 Å². The van der Waals surface area contributed by atoms with Crippen LogP contribution in [-0.4, -0.2) is 46.3 Å². The number of hydrogen-bond donors (Lipinski definition) is 4. The minimum atomic E-state index is -1.05. The normalized spacial score (nSPS) is 12.8. The molecule has 1 amide bonds. The number of nitrogens with one attached hydrogen (secondary N) is 3. The second kappa shape index (κ2) is 9.53. The molecule has 4 aromatic carbocycles. The number of rotatable bonds is 5. The highest BCUT2D eigenvalue weighted by molar-refractivity contribution is 6.33. The summed E-state index contributed by atoms with van der Waals surface area (Å²) in [4.78, 5) is 36.9. The van der Waals surface area contributed by atoms with Crippen LogP contribution in [0.2, 0.25) is 0 Å². The van der Waals surface area contributed by atoms with E-state index in [-0.39, 0.29) is 6.42 Å². The van der Waals surface area contributed by atoms with E-state index < -0.39 is 23.5 Å². The van der Waals surface area contributed by atoms with Gasteiger partial charge in [-0.15, -0.1) is 0 Å². The minimum Gasteiger partial charge on any atom is -0.460 e. The summed E-state index contributed by atoms with van der Waals surface area (Å²) in [6.45, 7) is 5.30. The SMILES string of the molecule is [B]c1ccc2[nH]cc(-c3nc4c5cc(NC(=O)[C@@H](N)CC(=O)OC(C)(C)C)ccc5c5ccccc5c4[nH]3)c2c1. The van der Waals surface area contributed by atoms with Crippen molar-refractivity contribution in [3.63, 3.8) is 0 Å². The minimum absolute atomic E-state index is 0.219. The van der Waals surface area contributed by atoms with Crippen LogP contribution in [0.3, 0.4) is 0 Å². The Balaban J connectivity index is 1.42. The van der Waals surface area contributed by atoms with Crippen LogP contribution in [0.4, 0.5) is 5.69 Å². The first kappa shape index (κ1) is 25.6. The Morgan fingerprint density at radius 2 is 1.75 bits per heavy atom. The van der Waals surface area contributed by atoms with Crippen molar-refractivity contribution in [1.82, 2.24) is 15.0 Å². The van der Waals surface area contributed by atoms with Gasteiger partial charge in [-0.2, -0.15) is 0 Å². The maximum atomic E-state index is 12.9. The number of nitrogens with zero attached hydrogens (tertiary/aromatic N) is 1. The molecule has 8 nitrogen and oxygen atoms in total. The van der Waals surface area contributed by atoms with Crippen LogP contribution in [0.15, 0.2) is 66.9 Å². The number of benzene rings is 4. The highest BCUT2D eigenvalue weighted by Gasteiger charge is 2.23. The molecule has 0 fully saturated rings. The van der Waals surface area contributed by atoms with Gasteiger partial charge >= 0.3 is 5.97 Å². The summed E-state index contributed by atoms with van der Waals surface area (Å²) in [5.41, 5.74) is 10.1. The zero-order valence-electron chi connectivity index (χ0n) is 22.5. The van der Waals surface area contributed by atoms with Crippen LogP contribution >= 0.6 is 0 Å². The molecule has 2 radical (unpaired) electrons. The molecule has 9 heteroatoms. The number of fused-ring (bicyclic) bond motifs is 7. The van der Waals surface area contributed by atoms with E-state index >= 15 is 0 Å². The van der Waals surface area contributed by atoms with Crippen molar-refractivity contribution in [3.8, 4) is 11.4 Å². The highest BCUT2D eigenvalue weighted by atomic mass is 16.6. The lowest BCUT2D eigenvalue weighted by Gasteiger charge is -2.20. The number of esters is 1. The second-order valence-electron chi connectivity index (χ2n) is 11.0. The summed E-state index contributed by atoms with van der Waals surface area (Å²) < 4.78 is 5.30. The monoisotopic (exact) mass is 529 g/mol. The van der Waals surface area contributed by atoms with E-state index in [1.54, 1.807) is 20.8 Å². The van der Waals surface area contributed by atoms with Crippen molar-refractivity contribution in [2.24, 2.45) is 5.73 Å². The van der Waals surface area contributed by atoms with Crippen LogP contribution < -0.4 is 16.5 Å². The number of nitrogens with two attached hydrogens (primary N) is 1. The standard InChI is InChI=1S/C31H28BN5O3/c1-31(2,3)40-26(38)14-24(33)30(39)35-17-9-10-19-18-6-4-5-7-20(18)27-28(22(19)13-17)37-29(36-27)23-15-34-25-11-8-16(32)12-21(23)25/h4-13,15,24,34H,14,33H2,1-3H3,(H,35,39)(H,36,37)/t24-/m0/s1. The fourth-order valence-corrected chi connectivity index (χ4v) is 5.10. The fourth-order valence-electron chi connectivity index (χ4n) is 5.10. The van der Waals surface area contributed by atoms with E-state index in [2.05, 4.69) is 27.4 Å². The molecule has 0 aliphatic carbocycles. The van der Waals surface area contributed by atoms with Gasteiger partial charge in [-0.3, -0.25) is 9.59 Å². The molecule has 0 bridgehead atoms. The van der Waals surface area contributed by atoms with Gasteiger partial charge in [-0.1, -0.05) is 47.9 Å². The third-order valence-corrected chi connectivity index (χ3v) is 6.84. The van der Waals surface area contributed by atoms with E-state index in [0.717, 1.165) is 49.0 Å². The maximum absolute atomic E-state index is 12.9. The van der Waals surface area contributed by atoms with Crippen LogP contribution in [0.25, 0.3) is 54.9 Å². The van der Waals surface area contributed by atoms with Gasteiger partial charge in [-0.25, -0.2) is 4.98 Å². The van der Waals surface area contributed by atoms with Gasteiger partial charge in [0.15, 0.2) is 0 Å². The Hall–Kier alpha value is -4.63. The average Bonchev–Trinajstić information content (AvgIpc) is 3.52. The Labute approximate surface area is 231 Å². The molecule has 198 valence electrons. The quantitative estimate of drug-likeness (QED) is 0.145. The van der Waals surface area contributed by atoms with Gasteiger partial charge in [0.05, 0.1) is 23.5 Å². The first-order chi connectivity index (χ1) is 19.1. The lowest BCUT2D eigenvalue weighted by atomic mass is 9.94. The van der Waals surface area contributed by atoms with Crippen LogP contribution in [0.5, 0.6) is 0 Å². The van der Waals surface area contributed by atoms with Crippen LogP contribution in [0, 0.1) is 0 Å². The van der Waals surface area contributed by atoms with Crippen molar-refractivity contribution >= 4 is 74.4 Å². The first-order valence-electron chi connectivity index (χ1n) is 13.1. The maximum Gasteiger partial charge on any atom is 0.308 e. The molecule has 5 N–H and O–H groups in total. The van der Waals surface area contributed by atoms with Crippen molar-refractivity contribution in [2.75, 3.05) is 5.32 Å². The first-order valence-corrected chi connectivity index (χ1v) is 13.1. The lowest BCUT2D eigenvalue weighted by molar-refractivity contribution is -0.155. The van der Waals surface area contributed by atoms with E-state index in [1.807, 2.05) is 54.7 Å². The molecule has 2 aromatic heterocycles. The number of aromatic amines is 2. The zero-order chi connectivity index (χ0) is 28.2. The molecule has 40 heavy (non-hydrogen) atoms. The molecular formula is C31H28BN5O3. The molecule has 0 aliphatic rings. The Morgan fingerprint density at radius 3 is 2.52 bits per heavy atom. The summed E-state index contributed by atoms with van der Waals surface area (Å²) in [6, 6.07) is 18.5. The number of carbonyl (C=O) groups is 2. The van der Waals surface area contributed by atoms with E-state index in [1.165, 1.54) is 0 Å². The summed E-state index contributed by atoms with van der Waals surface area (Å²) in [7, 11) is 6.07. The van der Waals surface area contributed by atoms with Gasteiger partial charge in [0, 0.05) is 39.1 Å². The summed E-state index contributed by atoms with van der Waals surface area (Å²) >= 11 is 0. The van der Waals surface area contributed by atoms with Crippen molar-refractivity contribution in [3.05, 3.63) is 66.9 Å². The Kier molecular flexibility index (Phi) is 6.11. The molecule has 6 aromatic rings. The van der Waals surface area contributed by atoms with E-state index in [0.29, 0.717) is 17.0 Å². The number of hydrogen-bond acceptors (Lipinski definition) is 5. The van der Waals surface area contributed by atoms with Crippen molar-refractivity contribution < 1.29 is 14.3 Å². The van der Waals surface area contributed by atoms with Gasteiger partial charge in [0.2, 0.25) is 5.91 Å². The zero-order valence-corrected chi connectivity index (χ0v) is 22.5. The third-order valence-electron chi connectivity index (χ3n) is 6.84. The third kappa shape index (κ3) is 4.69. The molecule has 0 aliphatic heterocycles. The molecule has 1 atom stereocenters. The molecule has 2 heterocycles. The number of imidazole rings is 1. The molecule has 6 rings (SSSR count). The predicted molar refractivity (Wildman–Crippen MR) is 161 cm³/mol. The summed E-state index contributed by atoms with van der Waals surface area (Å²) in [5, 5.41) is 7.79. The average molecular weight is 529 g/mol. The Morgan fingerprint density at radius 1 is 1.00 bits per heavy atom. The smallest absolute Gasteiger partial charge is 0.308 e. The number of anilines is 1. The largest absolute Gasteiger partial charge is 0.460 e. The van der Waals surface area contributed by atoms with Crippen LogP contribution in [0.1, 0.15) is 27.2 Å². The lowest BCUT2D eigenvalue weighted by Crippen LogP contribution is -2.39. The number of amides is 1. The summed E-state index contributed by atoms with van der Waals surface area (Å²) in [5.74, 6) is -0.287. The number of aromatic nitrogens is 3. The fraction of sp³-hybridized carbons (Fsp3) is 0.194. The number of carbonyl (C=O) groups excluding carboxylic acids is 2. The Bertz CT molecular complexity index is 1950. The van der Waals surface area contributed by atoms with Gasteiger partial charge in [0.1, 0.15) is 19.3 Å². The molecule has 0 saturated carbocycles. The summed E-state index contributed by atoms with van der Waals surface area (Å²) in [6.07, 6.45) is 1.70. The highest BCUT2D eigenvalue weighted by Crippen LogP contribution is 2.37. The van der Waals surface area contributed by atoms with Gasteiger partial charge < -0.3 is 25.8 Å². The number of H-pyrrole nitrogens is 2. The van der Waals surface area contributed by atoms with Gasteiger partial charge in [0.25, 0.3) is 0 Å². The topological polar surface area (TPSA) is 126 Å². The molecule has 0 unspecified atom stereocenters. The van der Waals surface area contributed by atoms with Crippen molar-refractivity contribution in [1.29, 1.82) is 0 Å². The molecule has 0 saturated heterocycles. The van der Waals surface area contributed by atoms with E-state index in [9.17, 15) is 9.59 Å². The molecule has 0 spiro atoms. The van der Waals surface area contributed by atoms with Gasteiger partial charge in [-0.05, 0) is 49.7 Å². The second-order valence-corrected chi connectivity index (χ2v) is 11.0. The predicted octanol–water partition coefficient (Wildman–Crippen LogP) is 4.81. The number of ether oxygens (including phenoxy) is 1. The van der Waals surface area contributed by atoms with Crippen LogP contribution in [-0.2, 0) is 14.3 Å². The van der Waals surface area contributed by atoms with E-state index in [4.69, 9.17) is 23.3 Å².